The van der Waals surface area contributed by atoms with Crippen LogP contribution < -0.4 is 10.3 Å². The van der Waals surface area contributed by atoms with Crippen LogP contribution in [0.3, 0.4) is 0 Å². The molecule has 7 heteroatoms. The summed E-state index contributed by atoms with van der Waals surface area (Å²) in [4.78, 5) is 15.3. The monoisotopic (exact) mass is 484 g/mol. The highest BCUT2D eigenvalue weighted by atomic mass is 32.2. The van der Waals surface area contributed by atoms with Crippen LogP contribution in [0.25, 0.3) is 10.9 Å². The number of benzene rings is 2. The third-order valence-electron chi connectivity index (χ3n) is 6.71. The molecule has 2 aromatic carbocycles. The van der Waals surface area contributed by atoms with Gasteiger partial charge < -0.3 is 9.47 Å². The normalized spacial score (nSPS) is 19.1. The Morgan fingerprint density at radius 3 is 2.35 bits per heavy atom. The second-order valence-corrected chi connectivity index (χ2v) is 11.8. The van der Waals surface area contributed by atoms with Crippen LogP contribution >= 0.6 is 0 Å². The van der Waals surface area contributed by atoms with E-state index in [-0.39, 0.29) is 15.2 Å². The number of fused-ring (bicyclic) bond motifs is 1. The first-order valence-corrected chi connectivity index (χ1v) is 13.4. The van der Waals surface area contributed by atoms with E-state index in [9.17, 15) is 13.2 Å². The topological polar surface area (TPSA) is 59.4 Å². The van der Waals surface area contributed by atoms with Gasteiger partial charge in [-0.15, -0.1) is 0 Å². The van der Waals surface area contributed by atoms with E-state index in [4.69, 9.17) is 0 Å². The van der Waals surface area contributed by atoms with E-state index in [1.54, 1.807) is 29.7 Å². The second kappa shape index (κ2) is 9.17. The van der Waals surface area contributed by atoms with Crippen molar-refractivity contribution in [3.8, 4) is 0 Å². The fraction of sp³-hybridized carbons (Fsp3) is 0.444. The van der Waals surface area contributed by atoms with Crippen LogP contribution in [0.1, 0.15) is 44.7 Å². The summed E-state index contributed by atoms with van der Waals surface area (Å²) in [5, 5.41) is 0.0965. The SMILES string of the molecule is CCCn1cc(S(=O)(=O)c2cc(C)ccc2C)c(=O)c2cc(F)c(N3C[C@@H](C)C[C@H](C)C3)cc21. The minimum atomic E-state index is -4.08. The lowest BCUT2D eigenvalue weighted by atomic mass is 9.91. The first-order chi connectivity index (χ1) is 16.0. The average molecular weight is 485 g/mol. The number of hydrogen-bond donors (Lipinski definition) is 0. The van der Waals surface area contributed by atoms with Crippen LogP contribution in [0.2, 0.25) is 0 Å². The second-order valence-electron chi connectivity index (χ2n) is 9.96. The number of sulfone groups is 1. The Kier molecular flexibility index (Phi) is 6.60. The number of pyridine rings is 1. The third kappa shape index (κ3) is 4.38. The summed E-state index contributed by atoms with van der Waals surface area (Å²) < 4.78 is 44.3. The van der Waals surface area contributed by atoms with Crippen molar-refractivity contribution in [3.63, 3.8) is 0 Å². The fourth-order valence-corrected chi connectivity index (χ4v) is 6.90. The van der Waals surface area contributed by atoms with Gasteiger partial charge in [0.25, 0.3) is 0 Å². The Bertz CT molecular complexity index is 1400. The number of piperidine rings is 1. The lowest BCUT2D eigenvalue weighted by Gasteiger charge is -2.37. The standard InChI is InChI=1S/C27H33FN2O3S/c1-6-9-29-16-26(34(32,33)25-11-17(2)7-8-20(25)5)27(31)21-12-22(28)24(13-23(21)29)30-14-18(3)10-19(4)15-30/h7-8,11-13,16,18-19H,6,9-10,14-15H2,1-5H3/t18-,19-/m0/s1. The molecule has 0 saturated carbocycles. The molecule has 4 rings (SSSR count). The molecule has 0 unspecified atom stereocenters. The van der Waals surface area contributed by atoms with Crippen molar-refractivity contribution < 1.29 is 12.8 Å². The van der Waals surface area contributed by atoms with Gasteiger partial charge in [-0.3, -0.25) is 4.79 Å². The van der Waals surface area contributed by atoms with Gasteiger partial charge in [0.1, 0.15) is 10.7 Å². The largest absolute Gasteiger partial charge is 0.369 e. The summed E-state index contributed by atoms with van der Waals surface area (Å²) in [5.74, 6) is 0.402. The summed E-state index contributed by atoms with van der Waals surface area (Å²) in [6, 6.07) is 8.11. The van der Waals surface area contributed by atoms with Gasteiger partial charge in [0, 0.05) is 25.8 Å². The zero-order chi connectivity index (χ0) is 24.8. The molecule has 0 N–H and O–H groups in total. The highest BCUT2D eigenvalue weighted by Crippen LogP contribution is 2.32. The molecule has 2 atom stereocenters. The molecular formula is C27H33FN2O3S. The lowest BCUT2D eigenvalue weighted by molar-refractivity contribution is 0.354. The predicted octanol–water partition coefficient (Wildman–Crippen LogP) is 5.48. The molecule has 0 radical (unpaired) electrons. The first-order valence-electron chi connectivity index (χ1n) is 12.0. The van der Waals surface area contributed by atoms with Crippen LogP contribution in [0.15, 0.2) is 51.1 Å². The van der Waals surface area contributed by atoms with Gasteiger partial charge in [-0.05, 0) is 67.9 Å². The van der Waals surface area contributed by atoms with Crippen LogP contribution in [-0.4, -0.2) is 26.1 Å². The minimum Gasteiger partial charge on any atom is -0.369 e. The maximum absolute atomic E-state index is 15.4. The van der Waals surface area contributed by atoms with E-state index in [0.717, 1.165) is 31.5 Å². The summed E-state index contributed by atoms with van der Waals surface area (Å²) in [7, 11) is -4.08. The van der Waals surface area contributed by atoms with Crippen LogP contribution in [0.5, 0.6) is 0 Å². The number of hydrogen-bond acceptors (Lipinski definition) is 4. The number of nitrogens with zero attached hydrogens (tertiary/aromatic N) is 2. The van der Waals surface area contributed by atoms with Crippen LogP contribution in [-0.2, 0) is 16.4 Å². The Labute approximate surface area is 201 Å². The summed E-state index contributed by atoms with van der Waals surface area (Å²) in [5.41, 5.74) is 1.74. The Morgan fingerprint density at radius 1 is 1.03 bits per heavy atom. The number of aromatic nitrogens is 1. The van der Waals surface area contributed by atoms with Gasteiger partial charge in [-0.2, -0.15) is 0 Å². The van der Waals surface area contributed by atoms with Gasteiger partial charge in [0.15, 0.2) is 0 Å². The molecule has 2 heterocycles. The summed E-state index contributed by atoms with van der Waals surface area (Å²) >= 11 is 0. The molecule has 1 aliphatic rings. The minimum absolute atomic E-state index is 0.0965. The molecule has 5 nitrogen and oxygen atoms in total. The Hall–Kier alpha value is -2.67. The molecule has 34 heavy (non-hydrogen) atoms. The maximum Gasteiger partial charge on any atom is 0.212 e. The molecule has 0 aliphatic carbocycles. The first kappa shape index (κ1) is 24.5. The van der Waals surface area contributed by atoms with Crippen molar-refractivity contribution in [2.75, 3.05) is 18.0 Å². The van der Waals surface area contributed by atoms with Gasteiger partial charge >= 0.3 is 0 Å². The van der Waals surface area contributed by atoms with E-state index < -0.39 is 21.1 Å². The Balaban J connectivity index is 1.94. The summed E-state index contributed by atoms with van der Waals surface area (Å²) in [6.07, 6.45) is 3.28. The number of anilines is 1. The van der Waals surface area contributed by atoms with E-state index >= 15 is 4.39 Å². The number of halogens is 1. The highest BCUT2D eigenvalue weighted by Gasteiger charge is 2.28. The van der Waals surface area contributed by atoms with E-state index in [1.165, 1.54) is 12.3 Å². The van der Waals surface area contributed by atoms with E-state index in [1.807, 2.05) is 19.9 Å². The van der Waals surface area contributed by atoms with E-state index in [0.29, 0.717) is 35.1 Å². The highest BCUT2D eigenvalue weighted by molar-refractivity contribution is 7.91. The number of aryl methyl sites for hydroxylation is 3. The average Bonchev–Trinajstić information content (AvgIpc) is 2.76. The molecule has 0 spiro atoms. The van der Waals surface area contributed by atoms with E-state index in [2.05, 4.69) is 18.7 Å². The Morgan fingerprint density at radius 2 is 1.71 bits per heavy atom. The third-order valence-corrected chi connectivity index (χ3v) is 8.60. The van der Waals surface area contributed by atoms with Crippen molar-refractivity contribution in [2.45, 2.75) is 63.8 Å². The molecular weight excluding hydrogens is 451 g/mol. The molecule has 1 aliphatic heterocycles. The fourth-order valence-electron chi connectivity index (χ4n) is 5.21. The molecule has 0 amide bonds. The van der Waals surface area contributed by atoms with Crippen molar-refractivity contribution in [3.05, 3.63) is 63.7 Å². The van der Waals surface area contributed by atoms with Crippen molar-refractivity contribution >= 4 is 26.4 Å². The van der Waals surface area contributed by atoms with Crippen molar-refractivity contribution in [1.82, 2.24) is 4.57 Å². The van der Waals surface area contributed by atoms with Crippen LogP contribution in [0, 0.1) is 31.5 Å². The quantitative estimate of drug-likeness (QED) is 0.481. The van der Waals surface area contributed by atoms with Crippen LogP contribution in [0.4, 0.5) is 10.1 Å². The van der Waals surface area contributed by atoms with Crippen molar-refractivity contribution in [1.29, 1.82) is 0 Å². The van der Waals surface area contributed by atoms with Gasteiger partial charge in [0.2, 0.25) is 15.3 Å². The number of rotatable bonds is 5. The smallest absolute Gasteiger partial charge is 0.212 e. The zero-order valence-corrected chi connectivity index (χ0v) is 21.4. The van der Waals surface area contributed by atoms with Gasteiger partial charge in [-0.1, -0.05) is 32.9 Å². The molecule has 1 aromatic heterocycles. The van der Waals surface area contributed by atoms with Gasteiger partial charge in [0.05, 0.1) is 21.5 Å². The lowest BCUT2D eigenvalue weighted by Crippen LogP contribution is -2.39. The predicted molar refractivity (Wildman–Crippen MR) is 135 cm³/mol. The molecule has 0 bridgehead atoms. The molecule has 1 fully saturated rings. The van der Waals surface area contributed by atoms with Gasteiger partial charge in [-0.25, -0.2) is 12.8 Å². The summed E-state index contributed by atoms with van der Waals surface area (Å²) in [6.45, 7) is 11.9. The molecule has 3 aromatic rings. The molecule has 1 saturated heterocycles. The molecule has 182 valence electrons. The van der Waals surface area contributed by atoms with Crippen molar-refractivity contribution in [2.24, 2.45) is 11.8 Å². The maximum atomic E-state index is 15.4. The zero-order valence-electron chi connectivity index (χ0n) is 20.6.